The summed E-state index contributed by atoms with van der Waals surface area (Å²) in [5.74, 6) is 2.44. The van der Waals surface area contributed by atoms with Crippen LogP contribution in [-0.2, 0) is 6.42 Å². The molecule has 0 atom stereocenters. The summed E-state index contributed by atoms with van der Waals surface area (Å²) in [6.07, 6.45) is 36.1. The first-order valence-electron chi connectivity index (χ1n) is 39.4. The second-order valence-corrected chi connectivity index (χ2v) is 29.8. The van der Waals surface area contributed by atoms with Gasteiger partial charge in [0.05, 0.1) is 19.8 Å². The molecule has 0 unspecified atom stereocenters. The molecule has 0 saturated heterocycles. The van der Waals surface area contributed by atoms with Gasteiger partial charge in [-0.3, -0.25) is 0 Å². The molecule has 0 aromatic heterocycles. The topological polar surface area (TPSA) is 27.7 Å². The molecule has 0 N–H and O–H groups in total. The van der Waals surface area contributed by atoms with E-state index < -0.39 is 34.9 Å². The van der Waals surface area contributed by atoms with Crippen LogP contribution < -0.4 is 14.2 Å². The van der Waals surface area contributed by atoms with E-state index in [0.29, 0.717) is 48.3 Å². The van der Waals surface area contributed by atoms with Crippen molar-refractivity contribution in [2.75, 3.05) is 19.8 Å². The van der Waals surface area contributed by atoms with Crippen molar-refractivity contribution in [3.63, 3.8) is 0 Å². The van der Waals surface area contributed by atoms with Gasteiger partial charge >= 0.3 is 0 Å². The van der Waals surface area contributed by atoms with E-state index in [1.54, 1.807) is 50.6 Å². The lowest BCUT2D eigenvalue weighted by molar-refractivity contribution is 0.155. The number of hydrogen-bond donors (Lipinski definition) is 0. The maximum Gasteiger partial charge on any atom is 0.201 e. The minimum absolute atomic E-state index is 0.0331. The van der Waals surface area contributed by atoms with Crippen molar-refractivity contribution >= 4 is 0 Å². The average Bonchev–Trinajstić information content (AvgIpc) is 0.826. The zero-order valence-electron chi connectivity index (χ0n) is 61.9. The van der Waals surface area contributed by atoms with Crippen molar-refractivity contribution in [2.45, 2.75) is 259 Å². The van der Waals surface area contributed by atoms with E-state index in [2.05, 4.69) is 107 Å². The van der Waals surface area contributed by atoms with E-state index in [0.717, 1.165) is 60.7 Å². The SMILES string of the molecule is CCCC1CCC(C2CCC(c3ccc(OCC)c(F)c3F)CC2)CC1.CCCC1CCC(c2ccc(-c3ccc(CC)cc3)cc2)CC1.CCCC1CCC(c2ccc(-c3ccc(OCC)c(F)c3F)cc2)CC1.CCOc1ccc(-c2ccc(C3CCC(CC)CC3)cc2)c(F)c1F. The number of benzene rings is 7. The smallest absolute Gasteiger partial charge is 0.201 e. The van der Waals surface area contributed by atoms with Crippen LogP contribution in [0.5, 0.6) is 17.2 Å². The monoisotopic (exact) mass is 1370 g/mol. The van der Waals surface area contributed by atoms with Crippen LogP contribution in [0.25, 0.3) is 33.4 Å². The summed E-state index contributed by atoms with van der Waals surface area (Å²) in [6.45, 7) is 17.6. The Morgan fingerprint density at radius 3 is 0.920 bits per heavy atom. The van der Waals surface area contributed by atoms with Gasteiger partial charge in [0.25, 0.3) is 0 Å². The molecule has 0 spiro atoms. The average molecular weight is 1370 g/mol. The minimum atomic E-state index is -0.915. The van der Waals surface area contributed by atoms with Crippen molar-refractivity contribution in [1.82, 2.24) is 0 Å². The van der Waals surface area contributed by atoms with Gasteiger partial charge in [0.1, 0.15) is 0 Å². The molecule has 0 radical (unpaired) electrons. The Hall–Kier alpha value is -6.48. The van der Waals surface area contributed by atoms with Gasteiger partial charge in [-0.15, -0.1) is 0 Å². The fourth-order valence-electron chi connectivity index (χ4n) is 17.5. The van der Waals surface area contributed by atoms with Crippen LogP contribution in [0, 0.1) is 70.4 Å². The Morgan fingerprint density at radius 1 is 0.280 bits per heavy atom. The van der Waals surface area contributed by atoms with Gasteiger partial charge in [0.2, 0.25) is 17.5 Å². The summed E-state index contributed by atoms with van der Waals surface area (Å²) in [4.78, 5) is 0. The van der Waals surface area contributed by atoms with Gasteiger partial charge < -0.3 is 14.2 Å². The normalized spacial score (nSPS) is 22.9. The summed E-state index contributed by atoms with van der Waals surface area (Å²) in [5, 5.41) is 0. The lowest BCUT2D eigenvalue weighted by atomic mass is 9.68. The molecule has 7 aromatic carbocycles. The molecular weight excluding hydrogens is 1250 g/mol. The van der Waals surface area contributed by atoms with Gasteiger partial charge in [-0.2, -0.15) is 13.2 Å². The molecule has 3 nitrogen and oxygen atoms in total. The Morgan fingerprint density at radius 2 is 0.580 bits per heavy atom. The van der Waals surface area contributed by atoms with Crippen LogP contribution in [-0.4, -0.2) is 19.8 Å². The second kappa shape index (κ2) is 39.8. The number of aryl methyl sites for hydroxylation is 1. The molecule has 5 fully saturated rings. The molecule has 0 aliphatic heterocycles. The molecule has 542 valence electrons. The Bertz CT molecular complexity index is 3510. The molecule has 7 aromatic rings. The molecular formula is C91H118F6O3. The first-order valence-corrected chi connectivity index (χ1v) is 39.4. The van der Waals surface area contributed by atoms with Gasteiger partial charge in [0, 0.05) is 11.1 Å². The Kier molecular flexibility index (Phi) is 30.9. The Balaban J connectivity index is 0.000000156. The maximum atomic E-state index is 14.5. The second-order valence-electron chi connectivity index (χ2n) is 29.8. The predicted molar refractivity (Wildman–Crippen MR) is 404 cm³/mol. The zero-order valence-corrected chi connectivity index (χ0v) is 61.9. The first kappa shape index (κ1) is 77.7. The number of hydrogen-bond acceptors (Lipinski definition) is 3. The molecule has 9 heteroatoms. The first-order chi connectivity index (χ1) is 48.7. The highest BCUT2D eigenvalue weighted by Crippen LogP contribution is 2.47. The van der Waals surface area contributed by atoms with Crippen molar-refractivity contribution in [2.24, 2.45) is 35.5 Å². The molecule has 5 saturated carbocycles. The highest BCUT2D eigenvalue weighted by atomic mass is 19.2. The van der Waals surface area contributed by atoms with E-state index in [-0.39, 0.29) is 34.3 Å². The third kappa shape index (κ3) is 21.1. The minimum Gasteiger partial charge on any atom is -0.491 e. The molecule has 0 heterocycles. The number of rotatable bonds is 22. The van der Waals surface area contributed by atoms with Gasteiger partial charge in [-0.05, 0) is 282 Å². The quantitative estimate of drug-likeness (QED) is 0.0633. The van der Waals surface area contributed by atoms with Gasteiger partial charge in [-0.25, -0.2) is 13.2 Å². The van der Waals surface area contributed by atoms with Crippen LogP contribution in [0.1, 0.15) is 280 Å². The van der Waals surface area contributed by atoms with E-state index >= 15 is 0 Å². The molecule has 5 aliphatic rings. The predicted octanol–water partition coefficient (Wildman–Crippen LogP) is 28.1. The maximum absolute atomic E-state index is 14.5. The van der Waals surface area contributed by atoms with Crippen LogP contribution in [0.3, 0.4) is 0 Å². The molecule has 0 amide bonds. The lowest BCUT2D eigenvalue weighted by Gasteiger charge is -2.38. The number of ether oxygens (including phenoxy) is 3. The third-order valence-corrected chi connectivity index (χ3v) is 23.5. The van der Waals surface area contributed by atoms with Gasteiger partial charge in [-0.1, -0.05) is 196 Å². The van der Waals surface area contributed by atoms with Crippen LogP contribution in [0.2, 0.25) is 0 Å². The summed E-state index contributed by atoms with van der Waals surface area (Å²) in [7, 11) is 0. The standard InChI is InChI=1S/C23H34F2O.C23H28F2O.C23H30.C22H26F2O/c2*1-3-5-16-6-8-17(9-7-16)18-10-12-19(13-11-18)20-14-15-21(26-4-2)23(25)22(20)24;1-3-5-19-8-12-21(13-9-19)23-16-14-22(15-17-23)20-10-6-18(4-2)7-11-20;1-3-15-5-7-16(8-6-15)17-9-11-18(12-10-17)19-13-14-20(25-4-2)22(24)21(19)23/h14-19H,3-13H2,1-2H3;10-17H,3-9H2,1-2H3;6-7,10-11,14-17,19,21H,3-5,8-9,12-13H2,1-2H3;9-16H,3-8H2,1-2H3. The van der Waals surface area contributed by atoms with E-state index in [9.17, 15) is 26.3 Å². The molecule has 5 aliphatic carbocycles. The molecule has 100 heavy (non-hydrogen) atoms. The van der Waals surface area contributed by atoms with E-state index in [1.807, 2.05) is 24.3 Å². The van der Waals surface area contributed by atoms with Crippen molar-refractivity contribution in [3.8, 4) is 50.6 Å². The van der Waals surface area contributed by atoms with Crippen molar-refractivity contribution in [3.05, 3.63) is 196 Å². The van der Waals surface area contributed by atoms with Crippen molar-refractivity contribution < 1.29 is 40.6 Å². The van der Waals surface area contributed by atoms with Crippen LogP contribution >= 0.6 is 0 Å². The zero-order chi connectivity index (χ0) is 70.9. The summed E-state index contributed by atoms with van der Waals surface area (Å²) in [6, 6.07) is 43.8. The molecule has 0 bridgehead atoms. The van der Waals surface area contributed by atoms with Crippen LogP contribution in [0.4, 0.5) is 26.3 Å². The largest absolute Gasteiger partial charge is 0.491 e. The molecule has 12 rings (SSSR count). The Labute approximate surface area is 598 Å². The van der Waals surface area contributed by atoms with Crippen LogP contribution in [0.15, 0.2) is 133 Å². The van der Waals surface area contributed by atoms with E-state index in [1.165, 1.54) is 200 Å². The van der Waals surface area contributed by atoms with Gasteiger partial charge in [0.15, 0.2) is 34.7 Å². The van der Waals surface area contributed by atoms with E-state index in [4.69, 9.17) is 14.2 Å². The highest BCUT2D eigenvalue weighted by Gasteiger charge is 2.33. The summed E-state index contributed by atoms with van der Waals surface area (Å²) >= 11 is 0. The lowest BCUT2D eigenvalue weighted by Crippen LogP contribution is -2.25. The van der Waals surface area contributed by atoms with Crippen molar-refractivity contribution in [1.29, 1.82) is 0 Å². The summed E-state index contributed by atoms with van der Waals surface area (Å²) in [5.41, 5.74) is 10.8. The highest BCUT2D eigenvalue weighted by molar-refractivity contribution is 5.67. The third-order valence-electron chi connectivity index (χ3n) is 23.5. The fraction of sp³-hybridized carbons (Fsp3) is 0.538. The number of halogens is 6. The summed E-state index contributed by atoms with van der Waals surface area (Å²) < 4.78 is 101. The fourth-order valence-corrected chi connectivity index (χ4v) is 17.5.